The first-order valence-electron chi connectivity index (χ1n) is 9.44. The molecule has 1 aliphatic rings. The summed E-state index contributed by atoms with van der Waals surface area (Å²) in [6.45, 7) is 0.589. The van der Waals surface area contributed by atoms with Gasteiger partial charge in [-0.15, -0.1) is 0 Å². The Hall–Kier alpha value is -2.90. The van der Waals surface area contributed by atoms with Gasteiger partial charge in [-0.05, 0) is 30.7 Å². The van der Waals surface area contributed by atoms with E-state index < -0.39 is 29.0 Å². The van der Waals surface area contributed by atoms with Crippen molar-refractivity contribution in [1.29, 1.82) is 5.26 Å². The molecule has 0 amide bonds. The second-order valence-corrected chi connectivity index (χ2v) is 7.79. The first-order chi connectivity index (χ1) is 14.7. The van der Waals surface area contributed by atoms with Crippen LogP contribution >= 0.6 is 11.6 Å². The van der Waals surface area contributed by atoms with Gasteiger partial charge in [0.2, 0.25) is 5.95 Å². The molecule has 31 heavy (non-hydrogen) atoms. The molecule has 1 fully saturated rings. The first-order valence-corrected chi connectivity index (χ1v) is 9.82. The molecular formula is C20H17ClF4N6. The van der Waals surface area contributed by atoms with E-state index in [0.717, 1.165) is 6.07 Å². The van der Waals surface area contributed by atoms with Crippen molar-refractivity contribution in [3.8, 4) is 6.07 Å². The summed E-state index contributed by atoms with van der Waals surface area (Å²) in [5.74, 6) is 0.360. The van der Waals surface area contributed by atoms with E-state index in [1.54, 1.807) is 21.6 Å². The van der Waals surface area contributed by atoms with E-state index in [-0.39, 0.29) is 30.5 Å². The van der Waals surface area contributed by atoms with Gasteiger partial charge in [-0.2, -0.15) is 18.4 Å². The van der Waals surface area contributed by atoms with Crippen molar-refractivity contribution in [1.82, 2.24) is 14.5 Å². The lowest BCUT2D eigenvalue weighted by Gasteiger charge is -2.34. The minimum absolute atomic E-state index is 0.0985. The number of nitrogens with two attached hydrogens (primary N) is 1. The number of alkyl halides is 4. The molecule has 11 heteroatoms. The summed E-state index contributed by atoms with van der Waals surface area (Å²) < 4.78 is 55.8. The van der Waals surface area contributed by atoms with Gasteiger partial charge in [0.05, 0.1) is 45.5 Å². The van der Waals surface area contributed by atoms with Gasteiger partial charge in [0.25, 0.3) is 0 Å². The van der Waals surface area contributed by atoms with E-state index >= 15 is 0 Å². The van der Waals surface area contributed by atoms with Gasteiger partial charge < -0.3 is 15.2 Å². The molecule has 1 aliphatic heterocycles. The number of halogens is 5. The molecule has 2 aromatic heterocycles. The lowest BCUT2D eigenvalue weighted by molar-refractivity contribution is -0.137. The molecule has 2 atom stereocenters. The maximum atomic E-state index is 13.9. The monoisotopic (exact) mass is 452 g/mol. The van der Waals surface area contributed by atoms with Gasteiger partial charge in [-0.25, -0.2) is 9.37 Å². The number of aromatic nitrogens is 3. The van der Waals surface area contributed by atoms with Gasteiger partial charge in [-0.3, -0.25) is 4.98 Å². The van der Waals surface area contributed by atoms with E-state index in [1.807, 2.05) is 6.07 Å². The topological polar surface area (TPSA) is 83.8 Å². The molecule has 2 N–H and O–H groups in total. The van der Waals surface area contributed by atoms with Gasteiger partial charge in [0, 0.05) is 19.3 Å². The number of fused-ring (bicyclic) bond motifs is 1. The van der Waals surface area contributed by atoms with E-state index in [0.29, 0.717) is 23.8 Å². The minimum atomic E-state index is -4.64. The van der Waals surface area contributed by atoms with Gasteiger partial charge in [-0.1, -0.05) is 11.6 Å². The third-order valence-electron chi connectivity index (χ3n) is 5.25. The van der Waals surface area contributed by atoms with Crippen LogP contribution in [-0.4, -0.2) is 39.8 Å². The highest BCUT2D eigenvalue weighted by Crippen LogP contribution is 2.38. The number of hydrogen-bond acceptors (Lipinski definition) is 5. The van der Waals surface area contributed by atoms with Gasteiger partial charge >= 0.3 is 6.18 Å². The largest absolute Gasteiger partial charge is 0.417 e. The summed E-state index contributed by atoms with van der Waals surface area (Å²) >= 11 is 5.88. The molecule has 0 spiro atoms. The summed E-state index contributed by atoms with van der Waals surface area (Å²) in [4.78, 5) is 10.5. The average Bonchev–Trinajstić information content (AvgIpc) is 3.06. The third-order valence-corrected chi connectivity index (χ3v) is 5.56. The zero-order valence-corrected chi connectivity index (χ0v) is 16.8. The Morgan fingerprint density at radius 3 is 2.68 bits per heavy atom. The van der Waals surface area contributed by atoms with Crippen molar-refractivity contribution >= 4 is 28.6 Å². The number of hydrogen-bond donors (Lipinski definition) is 1. The predicted octanol–water partition coefficient (Wildman–Crippen LogP) is 3.90. The average molecular weight is 453 g/mol. The molecule has 162 valence electrons. The van der Waals surface area contributed by atoms with E-state index in [1.165, 1.54) is 12.3 Å². The minimum Gasteiger partial charge on any atom is -0.340 e. The highest BCUT2D eigenvalue weighted by Gasteiger charge is 2.35. The van der Waals surface area contributed by atoms with Crippen LogP contribution in [0.4, 0.5) is 23.5 Å². The van der Waals surface area contributed by atoms with Crippen molar-refractivity contribution in [2.75, 3.05) is 18.0 Å². The van der Waals surface area contributed by atoms with Crippen molar-refractivity contribution in [2.24, 2.45) is 5.73 Å². The van der Waals surface area contributed by atoms with E-state index in [2.05, 4.69) is 9.97 Å². The summed E-state index contributed by atoms with van der Waals surface area (Å²) in [5.41, 5.74) is 6.28. The Morgan fingerprint density at radius 1 is 1.29 bits per heavy atom. The van der Waals surface area contributed by atoms with Crippen molar-refractivity contribution in [2.45, 2.75) is 31.4 Å². The Bertz CT molecular complexity index is 1150. The van der Waals surface area contributed by atoms with Gasteiger partial charge in [0.15, 0.2) is 0 Å². The van der Waals surface area contributed by atoms with Crippen molar-refractivity contribution in [3.05, 3.63) is 52.3 Å². The fourth-order valence-electron chi connectivity index (χ4n) is 3.63. The Kier molecular flexibility index (Phi) is 5.49. The molecule has 6 nitrogen and oxygen atoms in total. The van der Waals surface area contributed by atoms with Crippen LogP contribution in [0.2, 0.25) is 5.02 Å². The number of pyridine rings is 1. The number of imidazole rings is 1. The smallest absolute Gasteiger partial charge is 0.340 e. The van der Waals surface area contributed by atoms with Crippen molar-refractivity contribution in [3.63, 3.8) is 0 Å². The van der Waals surface area contributed by atoms with Crippen LogP contribution in [-0.2, 0) is 12.7 Å². The van der Waals surface area contributed by atoms with Crippen LogP contribution in [0.5, 0.6) is 0 Å². The van der Waals surface area contributed by atoms with Crippen LogP contribution in [0.15, 0.2) is 30.5 Å². The fraction of sp³-hybridized carbons (Fsp3) is 0.350. The molecule has 0 aliphatic carbocycles. The molecule has 0 radical (unpaired) electrons. The first kappa shape index (κ1) is 21.3. The summed E-state index contributed by atoms with van der Waals surface area (Å²) in [6.07, 6.45) is -4.21. The molecule has 0 unspecified atom stereocenters. The van der Waals surface area contributed by atoms with Crippen LogP contribution < -0.4 is 10.6 Å². The Balaban J connectivity index is 1.84. The summed E-state index contributed by atoms with van der Waals surface area (Å²) in [7, 11) is 0. The number of nitrogens with zero attached hydrogens (tertiary/aromatic N) is 5. The maximum Gasteiger partial charge on any atom is 0.417 e. The zero-order chi connectivity index (χ0) is 22.3. The predicted molar refractivity (Wildman–Crippen MR) is 108 cm³/mol. The molecule has 0 bridgehead atoms. The number of nitriles is 1. The second kappa shape index (κ2) is 7.98. The third kappa shape index (κ3) is 4.16. The number of anilines is 1. The molecule has 4 rings (SSSR count). The number of rotatable bonds is 3. The fourth-order valence-corrected chi connectivity index (χ4v) is 3.89. The van der Waals surface area contributed by atoms with Crippen LogP contribution in [0.25, 0.3) is 11.0 Å². The standard InChI is InChI=1S/C20H17ClF4N6/c21-14-6-17-18(5-13(14)20(23,24)25)31(9-12-2-1-11(7-26)8-28-12)19(29-17)30-4-3-15(22)16(27)10-30/h1-2,5-6,8,15-16H,3-4,9-10,27H2/t15-,16-/m1/s1. The van der Waals surface area contributed by atoms with Crippen LogP contribution in [0.1, 0.15) is 23.2 Å². The SMILES string of the molecule is N#Cc1ccc(Cn2c(N3CC[C@@H](F)[C@H](N)C3)nc3cc(Cl)c(C(F)(F)F)cc32)nc1. The highest BCUT2D eigenvalue weighted by atomic mass is 35.5. The molecule has 1 aromatic carbocycles. The normalized spacial score (nSPS) is 19.6. The molecular weight excluding hydrogens is 436 g/mol. The summed E-state index contributed by atoms with van der Waals surface area (Å²) in [6, 6.07) is 6.56. The molecule has 0 saturated carbocycles. The number of piperidine rings is 1. The Labute approximate surface area is 179 Å². The van der Waals surface area contributed by atoms with E-state index in [9.17, 15) is 17.6 Å². The Morgan fingerprint density at radius 2 is 2.06 bits per heavy atom. The zero-order valence-electron chi connectivity index (χ0n) is 16.1. The van der Waals surface area contributed by atoms with Crippen LogP contribution in [0.3, 0.4) is 0 Å². The molecule has 3 heterocycles. The maximum absolute atomic E-state index is 13.9. The summed E-state index contributed by atoms with van der Waals surface area (Å²) in [5, 5.41) is 8.49. The van der Waals surface area contributed by atoms with Crippen LogP contribution in [0, 0.1) is 11.3 Å². The quantitative estimate of drug-likeness (QED) is 0.609. The van der Waals surface area contributed by atoms with E-state index in [4.69, 9.17) is 22.6 Å². The van der Waals surface area contributed by atoms with Gasteiger partial charge in [0.1, 0.15) is 12.2 Å². The number of benzene rings is 1. The van der Waals surface area contributed by atoms with Crippen molar-refractivity contribution < 1.29 is 17.6 Å². The molecule has 3 aromatic rings. The lowest BCUT2D eigenvalue weighted by Crippen LogP contribution is -2.50. The second-order valence-electron chi connectivity index (χ2n) is 7.38. The highest BCUT2D eigenvalue weighted by molar-refractivity contribution is 6.32. The lowest BCUT2D eigenvalue weighted by atomic mass is 10.1. The molecule has 1 saturated heterocycles.